The minimum absolute atomic E-state index is 0.148. The topological polar surface area (TPSA) is 29.1 Å². The van der Waals surface area contributed by atoms with Gasteiger partial charge in [0.25, 0.3) is 0 Å². The summed E-state index contributed by atoms with van der Waals surface area (Å²) in [6.07, 6.45) is 0. The summed E-state index contributed by atoms with van der Waals surface area (Å²) in [6.45, 7) is 3.57. The highest BCUT2D eigenvalue weighted by Crippen LogP contribution is 2.39. The highest BCUT2D eigenvalue weighted by molar-refractivity contribution is 6.68. The largest absolute Gasteiger partial charge is 0.345 e. The summed E-state index contributed by atoms with van der Waals surface area (Å²) in [4.78, 5) is 11.7. The maximum absolute atomic E-state index is 11.7. The maximum Gasteiger partial charge on any atom is 0.223 e. The molecule has 1 amide bonds. The van der Waals surface area contributed by atoms with Crippen LogP contribution in [0.3, 0.4) is 0 Å². The lowest BCUT2D eigenvalue weighted by molar-refractivity contribution is -0.124. The summed E-state index contributed by atoms with van der Waals surface area (Å²) in [7, 11) is 0. The van der Waals surface area contributed by atoms with Crippen molar-refractivity contribution in [2.45, 2.75) is 23.7 Å². The molecule has 1 aromatic rings. The van der Waals surface area contributed by atoms with E-state index in [9.17, 15) is 4.79 Å². The number of carbonyl (C=O) groups excluding carboxylic acids is 1. The van der Waals surface area contributed by atoms with Gasteiger partial charge in [0.1, 0.15) is 6.04 Å². The number of halogens is 3. The van der Waals surface area contributed by atoms with Crippen LogP contribution < -0.4 is 5.32 Å². The minimum atomic E-state index is -1.58. The molecule has 5 heteroatoms. The molecule has 17 heavy (non-hydrogen) atoms. The van der Waals surface area contributed by atoms with Crippen LogP contribution in [0, 0.1) is 5.92 Å². The average Bonchev–Trinajstić information content (AvgIpc) is 2.25. The molecule has 0 aliphatic carbocycles. The lowest BCUT2D eigenvalue weighted by Crippen LogP contribution is -2.38. The Morgan fingerprint density at radius 1 is 1.18 bits per heavy atom. The van der Waals surface area contributed by atoms with Crippen LogP contribution in [-0.2, 0) is 4.79 Å². The molecule has 0 saturated heterocycles. The van der Waals surface area contributed by atoms with E-state index in [1.807, 2.05) is 30.3 Å². The second-order valence-electron chi connectivity index (χ2n) is 4.05. The summed E-state index contributed by atoms with van der Waals surface area (Å²) in [5.74, 6) is -0.307. The van der Waals surface area contributed by atoms with Gasteiger partial charge in [-0.3, -0.25) is 4.79 Å². The van der Waals surface area contributed by atoms with Crippen molar-refractivity contribution in [2.24, 2.45) is 5.92 Å². The van der Waals surface area contributed by atoms with E-state index in [2.05, 4.69) is 5.32 Å². The molecule has 0 saturated carbocycles. The Morgan fingerprint density at radius 2 is 1.71 bits per heavy atom. The number of amides is 1. The number of hydrogen-bond acceptors (Lipinski definition) is 1. The number of alkyl halides is 3. The first-order valence-corrected chi connectivity index (χ1v) is 6.38. The molecule has 1 atom stereocenters. The summed E-state index contributed by atoms with van der Waals surface area (Å²) in [5, 5.41) is 2.74. The number of benzene rings is 1. The SMILES string of the molecule is CC(C)C(=O)N[C@@H](c1ccccc1)C(Cl)(Cl)Cl. The van der Waals surface area contributed by atoms with Gasteiger partial charge in [-0.15, -0.1) is 0 Å². The second-order valence-corrected chi connectivity index (χ2v) is 6.42. The van der Waals surface area contributed by atoms with Gasteiger partial charge in [-0.25, -0.2) is 0 Å². The lowest BCUT2D eigenvalue weighted by Gasteiger charge is -2.26. The molecule has 0 aliphatic heterocycles. The fourth-order valence-corrected chi connectivity index (χ4v) is 1.85. The van der Waals surface area contributed by atoms with E-state index in [1.165, 1.54) is 0 Å². The van der Waals surface area contributed by atoms with Crippen molar-refractivity contribution in [2.75, 3.05) is 0 Å². The van der Waals surface area contributed by atoms with Gasteiger partial charge in [-0.1, -0.05) is 79.0 Å². The average molecular weight is 295 g/mol. The Hall–Kier alpha value is -0.440. The fourth-order valence-electron chi connectivity index (χ4n) is 1.31. The van der Waals surface area contributed by atoms with Crippen LogP contribution in [0.5, 0.6) is 0 Å². The van der Waals surface area contributed by atoms with E-state index in [-0.39, 0.29) is 11.8 Å². The predicted molar refractivity (Wildman–Crippen MR) is 72.5 cm³/mol. The van der Waals surface area contributed by atoms with Gasteiger partial charge in [-0.05, 0) is 5.56 Å². The third-order valence-corrected chi connectivity index (χ3v) is 2.93. The summed E-state index contributed by atoms with van der Waals surface area (Å²) >= 11 is 17.7. The van der Waals surface area contributed by atoms with Crippen LogP contribution in [0.25, 0.3) is 0 Å². The molecule has 0 spiro atoms. The molecule has 1 aromatic carbocycles. The molecule has 0 bridgehead atoms. The summed E-state index contributed by atoms with van der Waals surface area (Å²) in [6, 6.07) is 8.51. The van der Waals surface area contributed by atoms with Gasteiger partial charge in [0.05, 0.1) is 0 Å². The Labute approximate surface area is 116 Å². The number of rotatable bonds is 3. The van der Waals surface area contributed by atoms with Gasteiger partial charge in [0, 0.05) is 5.92 Å². The zero-order valence-electron chi connectivity index (χ0n) is 9.58. The van der Waals surface area contributed by atoms with Crippen LogP contribution in [0.15, 0.2) is 30.3 Å². The first-order valence-electron chi connectivity index (χ1n) is 5.24. The van der Waals surface area contributed by atoms with Crippen molar-refractivity contribution in [1.29, 1.82) is 0 Å². The first kappa shape index (κ1) is 14.6. The van der Waals surface area contributed by atoms with Crippen LogP contribution in [0.4, 0.5) is 0 Å². The van der Waals surface area contributed by atoms with Gasteiger partial charge in [-0.2, -0.15) is 0 Å². The molecular formula is C12H14Cl3NO. The second kappa shape index (κ2) is 5.94. The minimum Gasteiger partial charge on any atom is -0.345 e. The Bertz CT molecular complexity index is 373. The van der Waals surface area contributed by atoms with Gasteiger partial charge >= 0.3 is 0 Å². The van der Waals surface area contributed by atoms with Crippen molar-refractivity contribution in [3.8, 4) is 0 Å². The van der Waals surface area contributed by atoms with E-state index in [1.54, 1.807) is 13.8 Å². The molecule has 0 aromatic heterocycles. The zero-order valence-corrected chi connectivity index (χ0v) is 11.9. The van der Waals surface area contributed by atoms with Crippen LogP contribution in [0.2, 0.25) is 0 Å². The standard InChI is InChI=1S/C12H14Cl3NO/c1-8(2)11(17)16-10(12(13,14)15)9-6-4-3-5-7-9/h3-8,10H,1-2H3,(H,16,17)/t10-/m0/s1. The van der Waals surface area contributed by atoms with Gasteiger partial charge in [0.15, 0.2) is 0 Å². The number of carbonyl (C=O) groups is 1. The quantitative estimate of drug-likeness (QED) is 0.842. The molecule has 0 heterocycles. The molecule has 0 unspecified atom stereocenters. The van der Waals surface area contributed by atoms with Crippen molar-refractivity contribution in [3.63, 3.8) is 0 Å². The summed E-state index contributed by atoms with van der Waals surface area (Å²) < 4.78 is -1.58. The number of hydrogen-bond donors (Lipinski definition) is 1. The third-order valence-electron chi connectivity index (χ3n) is 2.27. The summed E-state index contributed by atoms with van der Waals surface area (Å²) in [5.41, 5.74) is 0.765. The molecule has 0 aliphatic rings. The Morgan fingerprint density at radius 3 is 2.12 bits per heavy atom. The zero-order chi connectivity index (χ0) is 13.1. The third kappa shape index (κ3) is 4.38. The van der Waals surface area contributed by atoms with E-state index in [4.69, 9.17) is 34.8 Å². The molecule has 0 radical (unpaired) electrons. The highest BCUT2D eigenvalue weighted by atomic mass is 35.6. The molecular weight excluding hydrogens is 280 g/mol. The van der Waals surface area contributed by atoms with E-state index >= 15 is 0 Å². The number of nitrogens with one attached hydrogen (secondary N) is 1. The fraction of sp³-hybridized carbons (Fsp3) is 0.417. The monoisotopic (exact) mass is 293 g/mol. The molecule has 0 fully saturated rings. The van der Waals surface area contributed by atoms with Crippen LogP contribution in [-0.4, -0.2) is 9.70 Å². The molecule has 2 nitrogen and oxygen atoms in total. The predicted octanol–water partition coefficient (Wildman–Crippen LogP) is 3.87. The van der Waals surface area contributed by atoms with E-state index in [0.29, 0.717) is 0 Å². The smallest absolute Gasteiger partial charge is 0.223 e. The van der Waals surface area contributed by atoms with Gasteiger partial charge in [0.2, 0.25) is 9.70 Å². The normalized spacial score (nSPS) is 13.5. The maximum atomic E-state index is 11.7. The van der Waals surface area contributed by atoms with Crippen molar-refractivity contribution in [1.82, 2.24) is 5.32 Å². The van der Waals surface area contributed by atoms with E-state index in [0.717, 1.165) is 5.56 Å². The van der Waals surface area contributed by atoms with E-state index < -0.39 is 9.83 Å². The van der Waals surface area contributed by atoms with Crippen LogP contribution in [0.1, 0.15) is 25.5 Å². The lowest BCUT2D eigenvalue weighted by atomic mass is 10.1. The first-order chi connectivity index (χ1) is 7.82. The molecule has 1 N–H and O–H groups in total. The van der Waals surface area contributed by atoms with Crippen molar-refractivity contribution < 1.29 is 4.79 Å². The van der Waals surface area contributed by atoms with Crippen molar-refractivity contribution >= 4 is 40.7 Å². The Kier molecular flexibility index (Phi) is 5.11. The highest BCUT2D eigenvalue weighted by Gasteiger charge is 2.35. The van der Waals surface area contributed by atoms with Crippen molar-refractivity contribution in [3.05, 3.63) is 35.9 Å². The van der Waals surface area contributed by atoms with Gasteiger partial charge < -0.3 is 5.32 Å². The molecule has 1 rings (SSSR count). The Balaban J connectivity index is 2.95. The molecule has 94 valence electrons. The van der Waals surface area contributed by atoms with Crippen LogP contribution >= 0.6 is 34.8 Å².